The number of rotatable bonds is 9. The fourth-order valence-electron chi connectivity index (χ4n) is 5.86. The number of hydrogen-bond donors (Lipinski definition) is 1. The molecule has 0 amide bonds. The summed E-state index contributed by atoms with van der Waals surface area (Å²) in [6, 6.07) is 0. The Morgan fingerprint density at radius 3 is 1.83 bits per heavy atom. The van der Waals surface area contributed by atoms with Gasteiger partial charge in [-0.15, -0.1) is 0 Å². The maximum absolute atomic E-state index is 6.52. The van der Waals surface area contributed by atoms with Gasteiger partial charge >= 0.3 is 0 Å². The van der Waals surface area contributed by atoms with Gasteiger partial charge in [0.05, 0.1) is 50.8 Å². The first kappa shape index (κ1) is 16.0. The van der Waals surface area contributed by atoms with Gasteiger partial charge < -0.3 is 24.7 Å². The van der Waals surface area contributed by atoms with E-state index in [9.17, 15) is 0 Å². The van der Waals surface area contributed by atoms with Crippen LogP contribution < -0.4 is 5.73 Å². The highest BCUT2D eigenvalue weighted by Crippen LogP contribution is 2.64. The molecule has 5 fully saturated rings. The van der Waals surface area contributed by atoms with Crippen molar-refractivity contribution < 1.29 is 18.9 Å². The summed E-state index contributed by atoms with van der Waals surface area (Å²) in [6.07, 6.45) is 10.3. The number of ether oxygens (including phenoxy) is 4. The first-order valence-corrected chi connectivity index (χ1v) is 9.89. The van der Waals surface area contributed by atoms with Crippen LogP contribution in [-0.4, -0.2) is 57.4 Å². The molecule has 5 nitrogen and oxygen atoms in total. The molecule has 4 heterocycles. The lowest BCUT2D eigenvalue weighted by atomic mass is 9.46. The summed E-state index contributed by atoms with van der Waals surface area (Å²) in [7, 11) is 0. The normalized spacial score (nSPS) is 52.1. The standard InChI is InChI=1S/C19H31NO4/c20-12-18(5-15-9-22-15)3-1-2-13(4-14-8-21-14)19(18,6-16-10-23-16)7-17-11-24-17/h13-17H,1-12,20H2. The summed E-state index contributed by atoms with van der Waals surface area (Å²) < 4.78 is 22.7. The molecule has 4 aliphatic heterocycles. The molecule has 0 radical (unpaired) electrons. The SMILES string of the molecule is NCC1(CC2CO2)CCCC(CC2CO2)C1(CC1CO1)CC1CO1. The Hall–Kier alpha value is -0.200. The van der Waals surface area contributed by atoms with Crippen LogP contribution in [0.3, 0.4) is 0 Å². The van der Waals surface area contributed by atoms with Crippen LogP contribution in [0, 0.1) is 16.7 Å². The first-order valence-electron chi connectivity index (χ1n) is 9.89. The van der Waals surface area contributed by atoms with Crippen molar-refractivity contribution >= 4 is 0 Å². The molecule has 1 saturated carbocycles. The highest BCUT2D eigenvalue weighted by atomic mass is 16.6. The molecular weight excluding hydrogens is 306 g/mol. The second-order valence-corrected chi connectivity index (χ2v) is 8.90. The van der Waals surface area contributed by atoms with E-state index >= 15 is 0 Å². The van der Waals surface area contributed by atoms with E-state index in [1.54, 1.807) is 0 Å². The van der Waals surface area contributed by atoms with Crippen molar-refractivity contribution in [3.05, 3.63) is 0 Å². The summed E-state index contributed by atoms with van der Waals surface area (Å²) in [5.41, 5.74) is 6.94. The zero-order chi connectivity index (χ0) is 16.2. The molecule has 0 aromatic carbocycles. The molecule has 2 N–H and O–H groups in total. The summed E-state index contributed by atoms with van der Waals surface area (Å²) in [5, 5.41) is 0. The molecule has 136 valence electrons. The molecule has 5 rings (SSSR count). The van der Waals surface area contributed by atoms with Crippen molar-refractivity contribution in [2.45, 2.75) is 69.4 Å². The fraction of sp³-hybridized carbons (Fsp3) is 1.00. The van der Waals surface area contributed by atoms with E-state index in [2.05, 4.69) is 0 Å². The van der Waals surface area contributed by atoms with Crippen molar-refractivity contribution in [3.8, 4) is 0 Å². The van der Waals surface area contributed by atoms with Crippen molar-refractivity contribution in [3.63, 3.8) is 0 Å². The molecule has 0 spiro atoms. The molecule has 0 aromatic heterocycles. The molecule has 6 unspecified atom stereocenters. The Labute approximate surface area is 144 Å². The molecule has 6 atom stereocenters. The van der Waals surface area contributed by atoms with E-state index in [1.165, 1.54) is 25.7 Å². The van der Waals surface area contributed by atoms with Crippen LogP contribution in [0.5, 0.6) is 0 Å². The van der Waals surface area contributed by atoms with Gasteiger partial charge in [0.15, 0.2) is 0 Å². The van der Waals surface area contributed by atoms with Crippen LogP contribution in [0.1, 0.15) is 44.9 Å². The minimum Gasteiger partial charge on any atom is -0.373 e. The molecule has 0 aromatic rings. The quantitative estimate of drug-likeness (QED) is 0.650. The van der Waals surface area contributed by atoms with Gasteiger partial charge in [-0.05, 0) is 61.8 Å². The second kappa shape index (κ2) is 5.92. The van der Waals surface area contributed by atoms with E-state index in [-0.39, 0.29) is 10.8 Å². The van der Waals surface area contributed by atoms with Gasteiger partial charge in [-0.2, -0.15) is 0 Å². The van der Waals surface area contributed by atoms with Crippen molar-refractivity contribution in [2.75, 3.05) is 33.0 Å². The molecule has 0 bridgehead atoms. The topological polar surface area (TPSA) is 76.1 Å². The summed E-state index contributed by atoms with van der Waals surface area (Å²) in [5.74, 6) is 0.689. The Morgan fingerprint density at radius 1 is 0.792 bits per heavy atom. The first-order chi connectivity index (χ1) is 11.7. The van der Waals surface area contributed by atoms with Gasteiger partial charge in [0.1, 0.15) is 0 Å². The molecule has 24 heavy (non-hydrogen) atoms. The summed E-state index contributed by atoms with van der Waals surface area (Å²) in [4.78, 5) is 0. The van der Waals surface area contributed by atoms with E-state index in [4.69, 9.17) is 24.7 Å². The zero-order valence-corrected chi connectivity index (χ0v) is 14.6. The zero-order valence-electron chi connectivity index (χ0n) is 14.6. The monoisotopic (exact) mass is 337 g/mol. The number of hydrogen-bond acceptors (Lipinski definition) is 5. The average molecular weight is 337 g/mol. The Kier molecular flexibility index (Phi) is 3.95. The predicted molar refractivity (Wildman–Crippen MR) is 88.7 cm³/mol. The van der Waals surface area contributed by atoms with Gasteiger partial charge in [0.2, 0.25) is 0 Å². The highest BCUT2D eigenvalue weighted by molar-refractivity contribution is 5.10. The second-order valence-electron chi connectivity index (χ2n) is 8.90. The van der Waals surface area contributed by atoms with Gasteiger partial charge in [-0.3, -0.25) is 0 Å². The van der Waals surface area contributed by atoms with Crippen LogP contribution in [0.15, 0.2) is 0 Å². The molecule has 4 saturated heterocycles. The maximum atomic E-state index is 6.52. The molecular formula is C19H31NO4. The number of nitrogens with two attached hydrogens (primary N) is 1. The van der Waals surface area contributed by atoms with E-state index in [1.807, 2.05) is 0 Å². The van der Waals surface area contributed by atoms with E-state index < -0.39 is 0 Å². The third kappa shape index (κ3) is 3.03. The van der Waals surface area contributed by atoms with Crippen LogP contribution in [-0.2, 0) is 18.9 Å². The van der Waals surface area contributed by atoms with E-state index in [0.717, 1.165) is 52.2 Å². The Morgan fingerprint density at radius 2 is 1.33 bits per heavy atom. The average Bonchev–Trinajstić information content (AvgIpc) is 3.42. The van der Waals surface area contributed by atoms with Crippen LogP contribution in [0.2, 0.25) is 0 Å². The largest absolute Gasteiger partial charge is 0.373 e. The number of epoxide rings is 4. The lowest BCUT2D eigenvalue weighted by Gasteiger charge is -2.58. The van der Waals surface area contributed by atoms with Crippen molar-refractivity contribution in [1.82, 2.24) is 0 Å². The molecule has 5 heteroatoms. The minimum absolute atomic E-state index is 0.184. The van der Waals surface area contributed by atoms with Crippen molar-refractivity contribution in [2.24, 2.45) is 22.5 Å². The highest BCUT2D eigenvalue weighted by Gasteiger charge is 2.61. The van der Waals surface area contributed by atoms with Crippen LogP contribution >= 0.6 is 0 Å². The lowest BCUT2D eigenvalue weighted by molar-refractivity contribution is -0.0954. The third-order valence-electron chi connectivity index (χ3n) is 7.40. The van der Waals surface area contributed by atoms with E-state index in [0.29, 0.717) is 30.3 Å². The Balaban J connectivity index is 1.49. The van der Waals surface area contributed by atoms with Crippen LogP contribution in [0.4, 0.5) is 0 Å². The smallest absolute Gasteiger partial charge is 0.0815 e. The minimum atomic E-state index is 0.184. The lowest BCUT2D eigenvalue weighted by Crippen LogP contribution is -2.56. The van der Waals surface area contributed by atoms with Gasteiger partial charge in [-0.25, -0.2) is 0 Å². The predicted octanol–water partition coefficient (Wildman–Crippen LogP) is 1.87. The summed E-state index contributed by atoms with van der Waals surface area (Å²) >= 11 is 0. The van der Waals surface area contributed by atoms with Crippen LogP contribution in [0.25, 0.3) is 0 Å². The Bertz CT molecular complexity index is 456. The van der Waals surface area contributed by atoms with Gasteiger partial charge in [0, 0.05) is 0 Å². The van der Waals surface area contributed by atoms with Gasteiger partial charge in [0.25, 0.3) is 0 Å². The third-order valence-corrected chi connectivity index (χ3v) is 7.40. The maximum Gasteiger partial charge on any atom is 0.0815 e. The molecule has 1 aliphatic carbocycles. The fourth-order valence-corrected chi connectivity index (χ4v) is 5.86. The van der Waals surface area contributed by atoms with Gasteiger partial charge in [-0.1, -0.05) is 6.42 Å². The van der Waals surface area contributed by atoms with Crippen molar-refractivity contribution in [1.29, 1.82) is 0 Å². The summed E-state index contributed by atoms with van der Waals surface area (Å²) in [6.45, 7) is 4.51. The molecule has 5 aliphatic rings.